The summed E-state index contributed by atoms with van der Waals surface area (Å²) in [5.74, 6) is -7.05. The molecule has 1 aromatic rings. The van der Waals surface area contributed by atoms with Gasteiger partial charge in [-0.25, -0.2) is 0 Å². The number of carbonyl (C=O) groups is 2. The van der Waals surface area contributed by atoms with Crippen LogP contribution in [0.25, 0.3) is 0 Å². The van der Waals surface area contributed by atoms with E-state index in [9.17, 15) is 31.5 Å². The maximum atomic E-state index is 13.0. The van der Waals surface area contributed by atoms with E-state index in [2.05, 4.69) is 4.74 Å². The lowest BCUT2D eigenvalue weighted by atomic mass is 9.96. The Labute approximate surface area is 144 Å². The standard InChI is InChI=1S/C15H14F5NO5/c1-25-11-4-7(2-3-10(11)26-14(16)17)12(22)21-5-8(13(23)24)9(6-21)15(18,19)20/h2-4,8-9,14H,5-6H2,1H3,(H,23,24)/t8-,9-/m1/s1. The number of ether oxygens (including phenoxy) is 2. The number of hydrogen-bond acceptors (Lipinski definition) is 4. The van der Waals surface area contributed by atoms with E-state index in [1.165, 1.54) is 0 Å². The van der Waals surface area contributed by atoms with E-state index >= 15 is 0 Å². The topological polar surface area (TPSA) is 76.1 Å². The van der Waals surface area contributed by atoms with Crippen LogP contribution in [-0.4, -0.2) is 54.9 Å². The summed E-state index contributed by atoms with van der Waals surface area (Å²) >= 11 is 0. The molecule has 1 fully saturated rings. The van der Waals surface area contributed by atoms with Gasteiger partial charge in [0.1, 0.15) is 0 Å². The SMILES string of the molecule is COc1cc(C(=O)N2C[C@@H](C(F)(F)F)[C@H](C(=O)O)C2)ccc1OC(F)F. The first-order chi connectivity index (χ1) is 12.0. The first-order valence-corrected chi connectivity index (χ1v) is 7.26. The van der Waals surface area contributed by atoms with E-state index in [1.807, 2.05) is 0 Å². The van der Waals surface area contributed by atoms with Gasteiger partial charge in [0.25, 0.3) is 5.91 Å². The number of hydrogen-bond donors (Lipinski definition) is 1. The molecule has 1 heterocycles. The van der Waals surface area contributed by atoms with Crippen LogP contribution in [0.15, 0.2) is 18.2 Å². The molecule has 2 rings (SSSR count). The molecule has 0 saturated carbocycles. The summed E-state index contributed by atoms with van der Waals surface area (Å²) in [5.41, 5.74) is -0.143. The van der Waals surface area contributed by atoms with Crippen molar-refractivity contribution < 1.29 is 46.1 Å². The van der Waals surface area contributed by atoms with Gasteiger partial charge in [0.2, 0.25) is 0 Å². The summed E-state index contributed by atoms with van der Waals surface area (Å²) in [7, 11) is 1.14. The van der Waals surface area contributed by atoms with Gasteiger partial charge in [0.15, 0.2) is 11.5 Å². The highest BCUT2D eigenvalue weighted by atomic mass is 19.4. The third kappa shape index (κ3) is 4.14. The summed E-state index contributed by atoms with van der Waals surface area (Å²) in [6.07, 6.45) is -4.77. The van der Waals surface area contributed by atoms with Crippen LogP contribution in [-0.2, 0) is 4.79 Å². The number of carbonyl (C=O) groups excluding carboxylic acids is 1. The number of aliphatic carboxylic acids is 1. The summed E-state index contributed by atoms with van der Waals surface area (Å²) < 4.78 is 72.6. The summed E-state index contributed by atoms with van der Waals surface area (Å²) in [6, 6.07) is 3.14. The van der Waals surface area contributed by atoms with Gasteiger partial charge in [-0.15, -0.1) is 0 Å². The number of benzene rings is 1. The Balaban J connectivity index is 2.25. The molecule has 1 aliphatic heterocycles. The van der Waals surface area contributed by atoms with Crippen LogP contribution < -0.4 is 9.47 Å². The van der Waals surface area contributed by atoms with Crippen molar-refractivity contribution in [3.8, 4) is 11.5 Å². The van der Waals surface area contributed by atoms with Gasteiger partial charge in [0, 0.05) is 18.7 Å². The molecule has 144 valence electrons. The molecule has 2 atom stereocenters. The van der Waals surface area contributed by atoms with Gasteiger partial charge < -0.3 is 19.5 Å². The Morgan fingerprint density at radius 2 is 1.88 bits per heavy atom. The number of carboxylic acids is 1. The van der Waals surface area contributed by atoms with Gasteiger partial charge in [-0.05, 0) is 18.2 Å². The molecule has 26 heavy (non-hydrogen) atoms. The maximum absolute atomic E-state index is 13.0. The molecule has 0 spiro atoms. The van der Waals surface area contributed by atoms with Crippen molar-refractivity contribution in [2.45, 2.75) is 12.8 Å². The molecule has 0 radical (unpaired) electrons. The monoisotopic (exact) mass is 383 g/mol. The van der Waals surface area contributed by atoms with Crippen molar-refractivity contribution in [3.63, 3.8) is 0 Å². The first-order valence-electron chi connectivity index (χ1n) is 7.26. The van der Waals surface area contributed by atoms with Gasteiger partial charge in [-0.3, -0.25) is 9.59 Å². The predicted molar refractivity (Wildman–Crippen MR) is 76.2 cm³/mol. The fraction of sp³-hybridized carbons (Fsp3) is 0.467. The number of rotatable bonds is 5. The zero-order chi connectivity index (χ0) is 19.6. The minimum Gasteiger partial charge on any atom is -0.493 e. The van der Waals surface area contributed by atoms with Crippen molar-refractivity contribution >= 4 is 11.9 Å². The molecule has 1 saturated heterocycles. The zero-order valence-electron chi connectivity index (χ0n) is 13.3. The van der Waals surface area contributed by atoms with Crippen molar-refractivity contribution in [1.29, 1.82) is 0 Å². The van der Waals surface area contributed by atoms with Crippen molar-refractivity contribution in [2.75, 3.05) is 20.2 Å². The molecule has 1 aliphatic rings. The summed E-state index contributed by atoms with van der Waals surface area (Å²) in [4.78, 5) is 24.2. The number of amides is 1. The van der Waals surface area contributed by atoms with Crippen LogP contribution in [0.1, 0.15) is 10.4 Å². The molecular weight excluding hydrogens is 369 g/mol. The molecule has 0 unspecified atom stereocenters. The number of methoxy groups -OCH3 is 1. The summed E-state index contributed by atoms with van der Waals surface area (Å²) in [5, 5.41) is 8.97. The van der Waals surface area contributed by atoms with Crippen LogP contribution in [0.3, 0.4) is 0 Å². The third-order valence-corrected chi connectivity index (χ3v) is 3.97. The molecule has 0 aliphatic carbocycles. The fourth-order valence-corrected chi connectivity index (χ4v) is 2.73. The van der Waals surface area contributed by atoms with Crippen LogP contribution in [0, 0.1) is 11.8 Å². The molecule has 1 N–H and O–H groups in total. The van der Waals surface area contributed by atoms with Crippen molar-refractivity contribution in [1.82, 2.24) is 4.90 Å². The number of nitrogens with zero attached hydrogens (tertiary/aromatic N) is 1. The van der Waals surface area contributed by atoms with Crippen molar-refractivity contribution in [3.05, 3.63) is 23.8 Å². The molecule has 1 amide bonds. The van der Waals surface area contributed by atoms with E-state index in [0.717, 1.165) is 30.2 Å². The molecule has 0 bridgehead atoms. The third-order valence-electron chi connectivity index (χ3n) is 3.97. The van der Waals surface area contributed by atoms with Gasteiger partial charge >= 0.3 is 18.8 Å². The largest absolute Gasteiger partial charge is 0.493 e. The second-order valence-corrected chi connectivity index (χ2v) is 5.55. The zero-order valence-corrected chi connectivity index (χ0v) is 13.3. The number of halogens is 5. The number of alkyl halides is 5. The lowest BCUT2D eigenvalue weighted by molar-refractivity contribution is -0.187. The highest BCUT2D eigenvalue weighted by molar-refractivity contribution is 5.95. The first kappa shape index (κ1) is 19.7. The van der Waals surface area contributed by atoms with E-state index in [-0.39, 0.29) is 17.1 Å². The lowest BCUT2D eigenvalue weighted by Crippen LogP contribution is -2.34. The smallest absolute Gasteiger partial charge is 0.394 e. The van der Waals surface area contributed by atoms with E-state index < -0.39 is 49.6 Å². The van der Waals surface area contributed by atoms with E-state index in [4.69, 9.17) is 9.84 Å². The van der Waals surface area contributed by atoms with Crippen LogP contribution in [0.4, 0.5) is 22.0 Å². The number of carboxylic acid groups (broad SMARTS) is 1. The minimum atomic E-state index is -4.77. The minimum absolute atomic E-state index is 0.143. The highest BCUT2D eigenvalue weighted by Crippen LogP contribution is 2.38. The molecular formula is C15H14F5NO5. The predicted octanol–water partition coefficient (Wildman–Crippen LogP) is 2.63. The van der Waals surface area contributed by atoms with Crippen LogP contribution >= 0.6 is 0 Å². The van der Waals surface area contributed by atoms with E-state index in [1.54, 1.807) is 0 Å². The molecule has 11 heteroatoms. The second kappa shape index (κ2) is 7.34. The Morgan fingerprint density at radius 3 is 2.35 bits per heavy atom. The highest BCUT2D eigenvalue weighted by Gasteiger charge is 2.53. The Hall–Kier alpha value is -2.59. The lowest BCUT2D eigenvalue weighted by Gasteiger charge is -2.19. The fourth-order valence-electron chi connectivity index (χ4n) is 2.73. The van der Waals surface area contributed by atoms with Crippen LogP contribution in [0.2, 0.25) is 0 Å². The normalized spacial score (nSPS) is 20.3. The van der Waals surface area contributed by atoms with Gasteiger partial charge in [-0.1, -0.05) is 0 Å². The quantitative estimate of drug-likeness (QED) is 0.792. The maximum Gasteiger partial charge on any atom is 0.394 e. The van der Waals surface area contributed by atoms with Gasteiger partial charge in [-0.2, -0.15) is 22.0 Å². The number of likely N-dealkylation sites (tertiary alicyclic amines) is 1. The average molecular weight is 383 g/mol. The van der Waals surface area contributed by atoms with Crippen LogP contribution in [0.5, 0.6) is 11.5 Å². The Morgan fingerprint density at radius 1 is 1.23 bits per heavy atom. The molecule has 1 aromatic carbocycles. The Kier molecular flexibility index (Phi) is 5.57. The van der Waals surface area contributed by atoms with Crippen molar-refractivity contribution in [2.24, 2.45) is 11.8 Å². The average Bonchev–Trinajstić information content (AvgIpc) is 3.00. The molecule has 6 nitrogen and oxygen atoms in total. The Bertz CT molecular complexity index is 693. The summed E-state index contributed by atoms with van der Waals surface area (Å²) in [6.45, 7) is -4.56. The van der Waals surface area contributed by atoms with E-state index in [0.29, 0.717) is 0 Å². The molecule has 0 aromatic heterocycles. The van der Waals surface area contributed by atoms with Gasteiger partial charge in [0.05, 0.1) is 18.9 Å². The second-order valence-electron chi connectivity index (χ2n) is 5.55.